The average Bonchev–Trinajstić information content (AvgIpc) is 3.30. The van der Waals surface area contributed by atoms with Gasteiger partial charge in [-0.2, -0.15) is 5.26 Å². The summed E-state index contributed by atoms with van der Waals surface area (Å²) in [6.45, 7) is 8.12. The highest BCUT2D eigenvalue weighted by atomic mass is 32.1. The van der Waals surface area contributed by atoms with E-state index in [0.29, 0.717) is 5.56 Å². The molecule has 0 N–H and O–H groups in total. The van der Waals surface area contributed by atoms with E-state index in [9.17, 15) is 23.6 Å². The summed E-state index contributed by atoms with van der Waals surface area (Å²) in [7, 11) is 2.98. The number of esters is 1. The Labute approximate surface area is 246 Å². The van der Waals surface area contributed by atoms with Crippen molar-refractivity contribution in [3.8, 4) is 11.8 Å². The number of aromatic nitrogens is 2. The maximum Gasteiger partial charge on any atom is 0.348 e. The number of fused-ring (bicyclic) bond motifs is 1. The molecule has 3 rings (SSSR count). The number of carbonyl (C=O) groups is 2. The van der Waals surface area contributed by atoms with Crippen LogP contribution in [0, 0.1) is 24.1 Å². The van der Waals surface area contributed by atoms with Gasteiger partial charge in [-0.25, -0.2) is 18.5 Å². The number of benzene rings is 1. The molecule has 0 aliphatic rings. The van der Waals surface area contributed by atoms with Crippen LogP contribution in [0.4, 0.5) is 4.39 Å². The highest BCUT2D eigenvalue weighted by Crippen LogP contribution is 2.33. The summed E-state index contributed by atoms with van der Waals surface area (Å²) >= 11 is 0.912. The molecule has 226 valence electrons. The van der Waals surface area contributed by atoms with Crippen LogP contribution < -0.4 is 16.0 Å². The zero-order valence-corrected chi connectivity index (χ0v) is 25.5. The Balaban J connectivity index is 2.36. The molecule has 0 spiro atoms. The molecule has 1 aromatic carbocycles. The summed E-state index contributed by atoms with van der Waals surface area (Å²) in [5.74, 6) is -1.40. The molecule has 2 atom stereocenters. The second kappa shape index (κ2) is 13.8. The smallest absolute Gasteiger partial charge is 0.348 e. The van der Waals surface area contributed by atoms with Gasteiger partial charge in [0, 0.05) is 18.7 Å². The zero-order valence-electron chi connectivity index (χ0n) is 24.7. The van der Waals surface area contributed by atoms with Gasteiger partial charge in [-0.3, -0.25) is 14.2 Å². The number of hydrogen-bond donors (Lipinski definition) is 0. The summed E-state index contributed by atoms with van der Waals surface area (Å²) < 4.78 is 33.1. The first kappa shape index (κ1) is 32.5. The van der Waals surface area contributed by atoms with E-state index < -0.39 is 41.1 Å². The molecule has 0 radical (unpaired) electrons. The lowest BCUT2D eigenvalue weighted by molar-refractivity contribution is -0.134. The Kier molecular flexibility index (Phi) is 10.6. The average molecular weight is 603 g/mol. The number of likely N-dealkylation sites (N-methyl/N-ethyl adjacent to an activating group) is 1. The molecule has 11 nitrogen and oxygen atoms in total. The third-order valence-corrected chi connectivity index (χ3v) is 8.29. The van der Waals surface area contributed by atoms with Gasteiger partial charge in [0.05, 0.1) is 44.7 Å². The number of aryl methyl sites for hydroxylation is 1. The molecule has 1 amide bonds. The third kappa shape index (κ3) is 6.39. The Bertz CT molecular complexity index is 1640. The first-order valence-corrected chi connectivity index (χ1v) is 14.2. The van der Waals surface area contributed by atoms with Crippen LogP contribution in [0.5, 0.6) is 5.75 Å². The van der Waals surface area contributed by atoms with E-state index in [2.05, 4.69) is 0 Å². The molecule has 0 saturated heterocycles. The van der Waals surface area contributed by atoms with Gasteiger partial charge < -0.3 is 19.1 Å². The van der Waals surface area contributed by atoms with Crippen LogP contribution in [0.2, 0.25) is 0 Å². The van der Waals surface area contributed by atoms with Gasteiger partial charge in [0.1, 0.15) is 33.4 Å². The summed E-state index contributed by atoms with van der Waals surface area (Å²) in [5, 5.41) is 9.16. The molecular formula is C29H35FN4O7S. The number of hydrogen-bond acceptors (Lipinski definition) is 9. The number of carbonyl (C=O) groups excluding carboxylic acids is 2. The van der Waals surface area contributed by atoms with Crippen LogP contribution in [0.25, 0.3) is 10.2 Å². The maximum atomic E-state index is 14.4. The Morgan fingerprint density at radius 1 is 1.21 bits per heavy atom. The maximum absolute atomic E-state index is 14.4. The van der Waals surface area contributed by atoms with Gasteiger partial charge in [0.2, 0.25) is 5.91 Å². The number of amides is 1. The second-order valence-electron chi connectivity index (χ2n) is 9.90. The van der Waals surface area contributed by atoms with E-state index in [1.165, 1.54) is 41.7 Å². The van der Waals surface area contributed by atoms with Crippen LogP contribution in [0.15, 0.2) is 27.8 Å². The van der Waals surface area contributed by atoms with E-state index in [0.717, 1.165) is 15.9 Å². The van der Waals surface area contributed by atoms with E-state index in [-0.39, 0.29) is 58.6 Å². The molecule has 0 saturated carbocycles. The molecule has 0 aliphatic carbocycles. The lowest BCUT2D eigenvalue weighted by atomic mass is 10.1. The lowest BCUT2D eigenvalue weighted by Gasteiger charge is -2.27. The fraction of sp³-hybridized carbons (Fsp3) is 0.483. The van der Waals surface area contributed by atoms with Crippen molar-refractivity contribution in [2.75, 3.05) is 27.4 Å². The van der Waals surface area contributed by atoms with Crippen molar-refractivity contribution in [2.24, 2.45) is 0 Å². The predicted molar refractivity (Wildman–Crippen MR) is 156 cm³/mol. The molecular weight excluding hydrogens is 567 g/mol. The lowest BCUT2D eigenvalue weighted by Crippen LogP contribution is -2.47. The minimum Gasteiger partial charge on any atom is -0.496 e. The summed E-state index contributed by atoms with van der Waals surface area (Å²) in [4.78, 5) is 55.8. The Morgan fingerprint density at radius 2 is 1.90 bits per heavy atom. The van der Waals surface area contributed by atoms with Crippen molar-refractivity contribution >= 4 is 33.4 Å². The second-order valence-corrected chi connectivity index (χ2v) is 10.9. The standard InChI is InChI=1S/C29H35FN4O7S/c1-8-40-28(37)24-17(4)23-26(36)34(18(5)25(35)32(6)16(2)3)29(38)33(27(23)42-24)15-22(41-13-9-12-31)20-14-19(30)10-11-21(20)39-7/h10-11,14,16,18,22H,8-9,13,15H2,1-7H3. The van der Waals surface area contributed by atoms with Gasteiger partial charge in [-0.15, -0.1) is 11.3 Å². The highest BCUT2D eigenvalue weighted by Gasteiger charge is 2.31. The molecule has 0 fully saturated rings. The number of thiophene rings is 1. The Hall–Kier alpha value is -4.02. The molecule has 42 heavy (non-hydrogen) atoms. The molecule has 2 unspecified atom stereocenters. The Morgan fingerprint density at radius 3 is 2.50 bits per heavy atom. The van der Waals surface area contributed by atoms with Gasteiger partial charge in [0.15, 0.2) is 0 Å². The normalized spacial score (nSPS) is 12.7. The van der Waals surface area contributed by atoms with Crippen molar-refractivity contribution in [3.05, 3.63) is 60.9 Å². The molecule has 0 aliphatic heterocycles. The molecule has 2 heterocycles. The van der Waals surface area contributed by atoms with E-state index in [1.54, 1.807) is 34.7 Å². The van der Waals surface area contributed by atoms with Crippen LogP contribution in [-0.2, 0) is 20.8 Å². The first-order chi connectivity index (χ1) is 19.9. The van der Waals surface area contributed by atoms with Crippen LogP contribution in [-0.4, -0.2) is 59.3 Å². The predicted octanol–water partition coefficient (Wildman–Crippen LogP) is 3.96. The first-order valence-electron chi connectivity index (χ1n) is 13.4. The number of nitrogens with zero attached hydrogens (tertiary/aromatic N) is 4. The van der Waals surface area contributed by atoms with Crippen molar-refractivity contribution in [3.63, 3.8) is 0 Å². The molecule has 0 bridgehead atoms. The van der Waals surface area contributed by atoms with Crippen molar-refractivity contribution in [1.29, 1.82) is 5.26 Å². The van der Waals surface area contributed by atoms with Gasteiger partial charge >= 0.3 is 11.7 Å². The fourth-order valence-corrected chi connectivity index (χ4v) is 5.72. The van der Waals surface area contributed by atoms with E-state index >= 15 is 0 Å². The zero-order chi connectivity index (χ0) is 31.3. The largest absolute Gasteiger partial charge is 0.496 e. The number of rotatable bonds is 12. The summed E-state index contributed by atoms with van der Waals surface area (Å²) in [5.41, 5.74) is -0.954. The van der Waals surface area contributed by atoms with Crippen LogP contribution in [0.3, 0.4) is 0 Å². The van der Waals surface area contributed by atoms with E-state index in [1.807, 2.05) is 6.07 Å². The topological polar surface area (TPSA) is 133 Å². The van der Waals surface area contributed by atoms with Gasteiger partial charge in [-0.05, 0) is 58.4 Å². The minimum atomic E-state index is -1.18. The van der Waals surface area contributed by atoms with Crippen molar-refractivity contribution in [2.45, 2.75) is 65.8 Å². The number of halogens is 1. The SMILES string of the molecule is CCOC(=O)c1sc2c(c1C)c(=O)n(C(C)C(=O)N(C)C(C)C)c(=O)n2CC(OCCC#N)c1cc(F)ccc1OC. The van der Waals surface area contributed by atoms with E-state index in [4.69, 9.17) is 19.5 Å². The van der Waals surface area contributed by atoms with Crippen molar-refractivity contribution in [1.82, 2.24) is 14.0 Å². The molecule has 2 aromatic heterocycles. The van der Waals surface area contributed by atoms with Crippen LogP contribution in [0.1, 0.15) is 67.1 Å². The summed E-state index contributed by atoms with van der Waals surface area (Å²) in [6.07, 6.45) is -0.982. The molecule has 3 aromatic rings. The highest BCUT2D eigenvalue weighted by molar-refractivity contribution is 7.20. The van der Waals surface area contributed by atoms with Gasteiger partial charge in [0.25, 0.3) is 5.56 Å². The monoisotopic (exact) mass is 602 g/mol. The fourth-order valence-electron chi connectivity index (χ4n) is 4.53. The molecule has 13 heteroatoms. The number of nitriles is 1. The van der Waals surface area contributed by atoms with Crippen LogP contribution >= 0.6 is 11.3 Å². The van der Waals surface area contributed by atoms with Gasteiger partial charge in [-0.1, -0.05) is 0 Å². The summed E-state index contributed by atoms with van der Waals surface area (Å²) in [6, 6.07) is 4.45. The third-order valence-electron chi connectivity index (χ3n) is 6.99. The van der Waals surface area contributed by atoms with Crippen molar-refractivity contribution < 1.29 is 28.2 Å². The minimum absolute atomic E-state index is 0.0239. The number of methoxy groups -OCH3 is 1. The number of ether oxygens (including phenoxy) is 3. The quantitative estimate of drug-likeness (QED) is 0.225.